The molecule has 2 heterocycles. The summed E-state index contributed by atoms with van der Waals surface area (Å²) in [6.07, 6.45) is -1.56. The lowest BCUT2D eigenvalue weighted by molar-refractivity contribution is -0.118. The van der Waals surface area contributed by atoms with Gasteiger partial charge in [0.2, 0.25) is 6.29 Å². The molecule has 0 aliphatic carbocycles. The Morgan fingerprint density at radius 2 is 1.86 bits per heavy atom. The third-order valence-electron chi connectivity index (χ3n) is 5.71. The van der Waals surface area contributed by atoms with Gasteiger partial charge in [0, 0.05) is 27.3 Å². The zero-order valence-corrected chi connectivity index (χ0v) is 20.8. The minimum atomic E-state index is -1.12. The maximum absolute atomic E-state index is 13.6. The number of amides is 5. The van der Waals surface area contributed by atoms with Crippen LogP contribution in [0.25, 0.3) is 11.0 Å². The number of nitrogens with one attached hydrogen (secondary N) is 1. The van der Waals surface area contributed by atoms with Crippen molar-refractivity contribution in [2.24, 2.45) is 11.0 Å². The van der Waals surface area contributed by atoms with Crippen molar-refractivity contribution in [2.75, 3.05) is 5.32 Å². The maximum Gasteiger partial charge on any atom is 0.345 e. The van der Waals surface area contributed by atoms with Gasteiger partial charge in [-0.05, 0) is 49.7 Å². The van der Waals surface area contributed by atoms with Gasteiger partial charge in [-0.2, -0.15) is 0 Å². The van der Waals surface area contributed by atoms with Crippen LogP contribution in [-0.4, -0.2) is 45.1 Å². The maximum atomic E-state index is 13.6. The second-order valence-corrected chi connectivity index (χ2v) is 9.23. The zero-order valence-electron chi connectivity index (χ0n) is 19.3. The van der Waals surface area contributed by atoms with E-state index in [1.165, 1.54) is 11.8 Å². The van der Waals surface area contributed by atoms with Crippen LogP contribution in [0, 0.1) is 11.8 Å². The van der Waals surface area contributed by atoms with Crippen LogP contribution < -0.4 is 11.2 Å². The number of furan rings is 1. The number of benzene rings is 2. The molecule has 1 aliphatic heterocycles. The molecule has 11 nitrogen and oxygen atoms in total. The highest BCUT2D eigenvalue weighted by Crippen LogP contribution is 2.32. The standard InChI is InChI=1S/C23H22Cl2N6O5/c1-12(7-19(32)28-35)30-22(33)29(11-14-3-5-16(24)6-4-14)21(31(26)23(30)34)27-17-9-15-8-13(2)36-20(15)18(25)10-17/h3-6,8-10,12,21,27H,7,11,26H2,1-2H3/t12-,21?/m0/s1. The molecule has 0 radical (unpaired) electrons. The second kappa shape index (κ2) is 10.1. The van der Waals surface area contributed by atoms with Gasteiger partial charge in [0.1, 0.15) is 5.76 Å². The molecular formula is C23H22Cl2N6O5. The van der Waals surface area contributed by atoms with Crippen molar-refractivity contribution in [3.05, 3.63) is 68.7 Å². The molecule has 4 rings (SSSR count). The highest BCUT2D eigenvalue weighted by Gasteiger charge is 2.45. The van der Waals surface area contributed by atoms with Crippen LogP contribution in [0.4, 0.5) is 15.3 Å². The van der Waals surface area contributed by atoms with Gasteiger partial charge in [-0.1, -0.05) is 35.3 Å². The van der Waals surface area contributed by atoms with Crippen molar-refractivity contribution in [1.82, 2.24) is 14.8 Å². The van der Waals surface area contributed by atoms with Gasteiger partial charge in [-0.3, -0.25) is 9.69 Å². The van der Waals surface area contributed by atoms with Gasteiger partial charge in [0.15, 0.2) is 5.58 Å². The number of urea groups is 2. The number of fused-ring (bicyclic) bond motifs is 1. The summed E-state index contributed by atoms with van der Waals surface area (Å²) >= 11 is 12.4. The molecule has 188 valence electrons. The Hall–Kier alpha value is -3.67. The number of carbonyl (C=O) groups is 3. The molecule has 0 saturated carbocycles. The monoisotopic (exact) mass is 532 g/mol. The van der Waals surface area contributed by atoms with Crippen molar-refractivity contribution >= 4 is 57.8 Å². The lowest BCUT2D eigenvalue weighted by Gasteiger charge is -2.47. The van der Waals surface area contributed by atoms with Gasteiger partial charge < -0.3 is 9.73 Å². The first kappa shape index (κ1) is 25.4. The highest BCUT2D eigenvalue weighted by atomic mass is 35.5. The molecule has 0 bridgehead atoms. The van der Waals surface area contributed by atoms with Crippen molar-refractivity contribution < 1.29 is 18.8 Å². The average molecular weight is 533 g/mol. The molecule has 3 aromatic rings. The van der Waals surface area contributed by atoms with Gasteiger partial charge in [-0.15, -0.1) is 4.91 Å². The first-order chi connectivity index (χ1) is 17.1. The summed E-state index contributed by atoms with van der Waals surface area (Å²) in [7, 11) is 0. The summed E-state index contributed by atoms with van der Waals surface area (Å²) in [5.74, 6) is 5.87. The van der Waals surface area contributed by atoms with E-state index in [0.717, 1.165) is 15.3 Å². The molecular weight excluding hydrogens is 511 g/mol. The second-order valence-electron chi connectivity index (χ2n) is 8.39. The molecule has 1 unspecified atom stereocenters. The number of imide groups is 1. The van der Waals surface area contributed by atoms with Crippen molar-refractivity contribution in [3.8, 4) is 0 Å². The SMILES string of the molecule is Cc1cc2cc(NC3N(N)C(=O)N([C@@H](C)CC(=O)N=O)C(=O)N3Cc3ccc(Cl)cc3)cc(Cl)c2o1. The van der Waals surface area contributed by atoms with Crippen LogP contribution in [0.2, 0.25) is 10.0 Å². The number of rotatable bonds is 7. The number of nitrogens with two attached hydrogens (primary N) is 1. The Labute approximate surface area is 215 Å². The summed E-state index contributed by atoms with van der Waals surface area (Å²) in [6.45, 7) is 3.28. The van der Waals surface area contributed by atoms with Crippen LogP contribution in [0.15, 0.2) is 52.1 Å². The predicted molar refractivity (Wildman–Crippen MR) is 134 cm³/mol. The largest absolute Gasteiger partial charge is 0.460 e. The van der Waals surface area contributed by atoms with Gasteiger partial charge in [0.25, 0.3) is 5.91 Å². The Morgan fingerprint density at radius 1 is 1.17 bits per heavy atom. The first-order valence-electron chi connectivity index (χ1n) is 10.8. The van der Waals surface area contributed by atoms with Crippen molar-refractivity contribution in [1.29, 1.82) is 0 Å². The van der Waals surface area contributed by atoms with E-state index in [1.54, 1.807) is 49.4 Å². The van der Waals surface area contributed by atoms with Crippen LogP contribution in [0.5, 0.6) is 0 Å². The van der Waals surface area contributed by atoms with Crippen LogP contribution >= 0.6 is 23.2 Å². The number of nitroso groups, excluding NO2 is 1. The summed E-state index contributed by atoms with van der Waals surface area (Å²) in [6, 6.07) is 9.42. The van der Waals surface area contributed by atoms with Crippen LogP contribution in [-0.2, 0) is 11.3 Å². The van der Waals surface area contributed by atoms with E-state index in [4.69, 9.17) is 33.5 Å². The Kier molecular flexibility index (Phi) is 7.16. The lowest BCUT2D eigenvalue weighted by Crippen LogP contribution is -2.71. The fourth-order valence-electron chi connectivity index (χ4n) is 4.02. The van der Waals surface area contributed by atoms with Crippen molar-refractivity contribution in [2.45, 2.75) is 39.1 Å². The van der Waals surface area contributed by atoms with E-state index in [1.807, 2.05) is 0 Å². The molecule has 36 heavy (non-hydrogen) atoms. The molecule has 1 aromatic heterocycles. The molecule has 2 atom stereocenters. The number of hydrogen-bond donors (Lipinski definition) is 2. The number of hydrazine groups is 1. The Bertz CT molecular complexity index is 1340. The third kappa shape index (κ3) is 4.99. The lowest BCUT2D eigenvalue weighted by atomic mass is 10.1. The molecule has 2 aromatic carbocycles. The molecule has 1 fully saturated rings. The third-order valence-corrected chi connectivity index (χ3v) is 6.24. The number of aryl methyl sites for hydroxylation is 1. The summed E-state index contributed by atoms with van der Waals surface area (Å²) in [4.78, 5) is 51.0. The number of carbonyl (C=O) groups excluding carboxylic acids is 3. The van der Waals surface area contributed by atoms with Crippen LogP contribution in [0.1, 0.15) is 24.7 Å². The molecule has 3 N–H and O–H groups in total. The minimum absolute atomic E-state index is 0.0402. The molecule has 0 spiro atoms. The molecule has 1 aliphatic rings. The quantitative estimate of drug-likeness (QED) is 0.246. The van der Waals surface area contributed by atoms with E-state index in [2.05, 4.69) is 10.5 Å². The summed E-state index contributed by atoms with van der Waals surface area (Å²) in [5, 5.41) is 7.86. The van der Waals surface area contributed by atoms with Crippen LogP contribution in [0.3, 0.4) is 0 Å². The first-order valence-corrected chi connectivity index (χ1v) is 11.6. The summed E-state index contributed by atoms with van der Waals surface area (Å²) < 4.78 is 5.60. The molecule has 13 heteroatoms. The van der Waals surface area contributed by atoms with Gasteiger partial charge >= 0.3 is 12.1 Å². The average Bonchev–Trinajstić information content (AvgIpc) is 3.21. The van der Waals surface area contributed by atoms with E-state index >= 15 is 0 Å². The fraction of sp³-hybridized carbons (Fsp3) is 0.261. The van der Waals surface area contributed by atoms with E-state index in [9.17, 15) is 19.3 Å². The number of halogens is 2. The fourth-order valence-corrected chi connectivity index (χ4v) is 4.41. The van der Waals surface area contributed by atoms with Crippen molar-refractivity contribution in [3.63, 3.8) is 0 Å². The highest BCUT2D eigenvalue weighted by molar-refractivity contribution is 6.35. The smallest absolute Gasteiger partial charge is 0.345 e. The Balaban J connectivity index is 1.70. The zero-order chi connectivity index (χ0) is 26.1. The number of anilines is 1. The van der Waals surface area contributed by atoms with Gasteiger partial charge in [-0.25, -0.2) is 25.3 Å². The normalized spacial score (nSPS) is 17.0. The topological polar surface area (TPSA) is 142 Å². The molecule has 5 amide bonds. The van der Waals surface area contributed by atoms with Gasteiger partial charge in [0.05, 0.1) is 18.0 Å². The number of hydrogen-bond acceptors (Lipinski definition) is 7. The van der Waals surface area contributed by atoms with E-state index in [0.29, 0.717) is 32.6 Å². The van der Waals surface area contributed by atoms with E-state index < -0.39 is 36.7 Å². The Morgan fingerprint density at radius 3 is 2.53 bits per heavy atom. The van der Waals surface area contributed by atoms with E-state index in [-0.39, 0.29) is 6.54 Å². The minimum Gasteiger partial charge on any atom is -0.460 e. The molecule has 1 saturated heterocycles. The summed E-state index contributed by atoms with van der Waals surface area (Å²) in [5.41, 5.74) is 1.70. The number of nitrogens with zero attached hydrogens (tertiary/aromatic N) is 4. The predicted octanol–water partition coefficient (Wildman–Crippen LogP) is 5.05.